The zero-order chi connectivity index (χ0) is 35.4. The van der Waals surface area contributed by atoms with Crippen LogP contribution in [0.25, 0.3) is 22.4 Å². The third-order valence-electron chi connectivity index (χ3n) is 10.3. The van der Waals surface area contributed by atoms with E-state index >= 15 is 0 Å². The molecule has 3 aromatic carbocycles. The Kier molecular flexibility index (Phi) is 10.7. The molecule has 51 heavy (non-hydrogen) atoms. The molecule has 0 saturated carbocycles. The minimum absolute atomic E-state index is 0.100. The van der Waals surface area contributed by atoms with Crippen molar-refractivity contribution in [2.45, 2.75) is 38.1 Å². The van der Waals surface area contributed by atoms with Crippen molar-refractivity contribution in [3.63, 3.8) is 0 Å². The minimum Gasteiger partial charge on any atom is -0.496 e. The van der Waals surface area contributed by atoms with Crippen LogP contribution in [0.4, 0.5) is 5.95 Å². The number of fused-ring (bicyclic) bond motifs is 1. The van der Waals surface area contributed by atoms with Crippen molar-refractivity contribution in [1.29, 1.82) is 0 Å². The van der Waals surface area contributed by atoms with E-state index in [1.165, 1.54) is 0 Å². The summed E-state index contributed by atoms with van der Waals surface area (Å²) in [6.07, 6.45) is 2.69. The number of tetrazole rings is 1. The van der Waals surface area contributed by atoms with Gasteiger partial charge >= 0.3 is 0 Å². The predicted octanol–water partition coefficient (Wildman–Crippen LogP) is 5.95. The zero-order valence-corrected chi connectivity index (χ0v) is 30.5. The highest BCUT2D eigenvalue weighted by Crippen LogP contribution is 2.41. The number of nitrogens with zero attached hydrogens (tertiary/aromatic N) is 8. The highest BCUT2D eigenvalue weighted by Gasteiger charge is 2.42. The van der Waals surface area contributed by atoms with Crippen LogP contribution in [0.15, 0.2) is 60.7 Å². The van der Waals surface area contributed by atoms with Crippen molar-refractivity contribution in [3.8, 4) is 17.1 Å². The van der Waals surface area contributed by atoms with Crippen LogP contribution >= 0.6 is 23.2 Å². The van der Waals surface area contributed by atoms with Crippen molar-refractivity contribution in [1.82, 2.24) is 40.0 Å². The Labute approximate surface area is 307 Å². The van der Waals surface area contributed by atoms with Gasteiger partial charge in [0.2, 0.25) is 11.8 Å². The molecule has 2 aliphatic rings. The van der Waals surface area contributed by atoms with Crippen molar-refractivity contribution >= 4 is 46.1 Å². The summed E-state index contributed by atoms with van der Waals surface area (Å²) >= 11 is 13.0. The number of methoxy groups -OCH3 is 1. The molecular formula is C37H43Cl2N9O3. The molecular weight excluding hydrogens is 689 g/mol. The number of likely N-dealkylation sites (tertiary alicyclic amines) is 1. The van der Waals surface area contributed by atoms with Crippen LogP contribution in [0, 0.1) is 0 Å². The van der Waals surface area contributed by atoms with Crippen molar-refractivity contribution in [2.75, 3.05) is 71.0 Å². The number of rotatable bonds is 12. The van der Waals surface area contributed by atoms with Gasteiger partial charge in [-0.2, -0.15) is 5.21 Å². The molecule has 12 nitrogen and oxygen atoms in total. The minimum atomic E-state index is -0.304. The Morgan fingerprint density at radius 3 is 2.67 bits per heavy atom. The lowest BCUT2D eigenvalue weighted by molar-refractivity contribution is 0.0777. The maximum atomic E-state index is 14.2. The Hall–Kier alpha value is -4.23. The molecule has 1 amide bonds. The molecule has 1 atom stereocenters. The largest absolute Gasteiger partial charge is 0.496 e. The van der Waals surface area contributed by atoms with Crippen LogP contribution in [-0.4, -0.2) is 112 Å². The van der Waals surface area contributed by atoms with Crippen LogP contribution in [-0.2, 0) is 16.7 Å². The number of halogens is 2. The van der Waals surface area contributed by atoms with E-state index in [0.29, 0.717) is 59.0 Å². The van der Waals surface area contributed by atoms with Crippen molar-refractivity contribution < 1.29 is 14.3 Å². The quantitative estimate of drug-likeness (QED) is 0.155. The first-order valence-corrected chi connectivity index (χ1v) is 18.3. The lowest BCUT2D eigenvalue weighted by Crippen LogP contribution is -2.39. The summed E-state index contributed by atoms with van der Waals surface area (Å²) in [6, 6.07) is 19.6. The average molecular weight is 733 g/mol. The number of hydrogen-bond acceptors (Lipinski definition) is 9. The van der Waals surface area contributed by atoms with E-state index in [9.17, 15) is 4.79 Å². The van der Waals surface area contributed by atoms with Gasteiger partial charge in [-0.25, -0.2) is 4.98 Å². The third-order valence-corrected chi connectivity index (χ3v) is 11.0. The topological polar surface area (TPSA) is 118 Å². The number of nitrogens with one attached hydrogen (secondary N) is 1. The summed E-state index contributed by atoms with van der Waals surface area (Å²) in [5.74, 6) is 1.82. The number of imidazole rings is 1. The van der Waals surface area contributed by atoms with Gasteiger partial charge in [-0.05, 0) is 92.5 Å². The number of ether oxygens (including phenoxy) is 2. The standard InChI is InChI=1S/C37H43Cl2N9O3/c1-3-51-22-21-48-32-8-5-4-7-31(32)40-36(48)46-16-6-15-45(19-20-46)17-13-37(27-10-11-29(38)30(39)24-27)14-18-47(25-37)35(49)28-23-26(9-12-33(28)50-2)34-41-43-44-42-34/h4-5,7-12,23-24H,3,6,13-22,25H2,1-2H3,(H,41,42,43,44)/t37-/m1/s1. The molecule has 0 radical (unpaired) electrons. The Morgan fingerprint density at radius 1 is 0.980 bits per heavy atom. The van der Waals surface area contributed by atoms with Gasteiger partial charge in [-0.1, -0.05) is 41.4 Å². The molecule has 5 aromatic rings. The first kappa shape index (κ1) is 35.2. The van der Waals surface area contributed by atoms with Gasteiger partial charge in [0.25, 0.3) is 5.91 Å². The van der Waals surface area contributed by atoms with Gasteiger partial charge in [0.15, 0.2) is 0 Å². The summed E-state index contributed by atoms with van der Waals surface area (Å²) < 4.78 is 13.7. The molecule has 2 aliphatic heterocycles. The summed E-state index contributed by atoms with van der Waals surface area (Å²) in [6.45, 7) is 9.85. The summed E-state index contributed by atoms with van der Waals surface area (Å²) in [5, 5.41) is 15.4. The summed E-state index contributed by atoms with van der Waals surface area (Å²) in [5.41, 5.74) is 4.08. The van der Waals surface area contributed by atoms with E-state index in [4.69, 9.17) is 37.7 Å². The molecule has 268 valence electrons. The van der Waals surface area contributed by atoms with E-state index in [2.05, 4.69) is 59.3 Å². The van der Waals surface area contributed by atoms with E-state index in [1.54, 1.807) is 19.2 Å². The second-order valence-electron chi connectivity index (χ2n) is 13.2. The molecule has 0 aliphatic carbocycles. The highest BCUT2D eigenvalue weighted by atomic mass is 35.5. The van der Waals surface area contributed by atoms with Crippen LogP contribution in [0.3, 0.4) is 0 Å². The molecule has 4 heterocycles. The number of hydrogen-bond donors (Lipinski definition) is 1. The fourth-order valence-corrected chi connectivity index (χ4v) is 7.81. The van der Waals surface area contributed by atoms with Gasteiger partial charge in [-0.3, -0.25) is 4.79 Å². The lowest BCUT2D eigenvalue weighted by Gasteiger charge is -2.33. The third kappa shape index (κ3) is 7.41. The van der Waals surface area contributed by atoms with Crippen LogP contribution in [0.5, 0.6) is 5.75 Å². The molecule has 2 saturated heterocycles. The maximum absolute atomic E-state index is 14.2. The van der Waals surface area contributed by atoms with Gasteiger partial charge < -0.3 is 28.7 Å². The predicted molar refractivity (Wildman–Crippen MR) is 199 cm³/mol. The SMILES string of the molecule is CCOCCn1c(N2CCCN(CC[C@@]3(c4ccc(Cl)c(Cl)c4)CCN(C(=O)c4cc(-c5nn[nH]n5)ccc4OC)C3)CC2)nc2ccccc21. The number of aromatic nitrogens is 6. The number of carbonyl (C=O) groups is 1. The molecule has 2 fully saturated rings. The van der Waals surface area contributed by atoms with E-state index in [0.717, 1.165) is 81.1 Å². The summed E-state index contributed by atoms with van der Waals surface area (Å²) in [7, 11) is 1.57. The number of para-hydroxylation sites is 2. The molecule has 0 spiro atoms. The lowest BCUT2D eigenvalue weighted by atomic mass is 9.76. The van der Waals surface area contributed by atoms with Crippen molar-refractivity contribution in [3.05, 3.63) is 81.8 Å². The second-order valence-corrected chi connectivity index (χ2v) is 14.0. The molecule has 7 rings (SSSR count). The summed E-state index contributed by atoms with van der Waals surface area (Å²) in [4.78, 5) is 26.2. The first-order valence-electron chi connectivity index (χ1n) is 17.6. The number of benzene rings is 3. The number of aromatic amines is 1. The van der Waals surface area contributed by atoms with E-state index < -0.39 is 0 Å². The molecule has 0 unspecified atom stereocenters. The highest BCUT2D eigenvalue weighted by molar-refractivity contribution is 6.42. The number of carbonyl (C=O) groups excluding carboxylic acids is 1. The van der Waals surface area contributed by atoms with Gasteiger partial charge in [0, 0.05) is 56.9 Å². The van der Waals surface area contributed by atoms with Crippen LogP contribution < -0.4 is 9.64 Å². The molecule has 0 bridgehead atoms. The van der Waals surface area contributed by atoms with E-state index in [1.807, 2.05) is 36.1 Å². The van der Waals surface area contributed by atoms with Crippen LogP contribution in [0.1, 0.15) is 42.1 Å². The van der Waals surface area contributed by atoms with Crippen LogP contribution in [0.2, 0.25) is 10.0 Å². The Morgan fingerprint density at radius 2 is 1.86 bits per heavy atom. The number of anilines is 1. The number of amides is 1. The Bertz CT molecular complexity index is 1970. The van der Waals surface area contributed by atoms with Gasteiger partial charge in [-0.15, -0.1) is 10.2 Å². The maximum Gasteiger partial charge on any atom is 0.257 e. The monoisotopic (exact) mass is 731 g/mol. The Balaban J connectivity index is 1.09. The normalized spacial score (nSPS) is 18.4. The molecule has 1 N–H and O–H groups in total. The fourth-order valence-electron chi connectivity index (χ4n) is 7.52. The smallest absolute Gasteiger partial charge is 0.257 e. The van der Waals surface area contributed by atoms with Gasteiger partial charge in [0.05, 0.1) is 40.4 Å². The fraction of sp³-hybridized carbons (Fsp3) is 0.432. The zero-order valence-electron chi connectivity index (χ0n) is 29.0. The van der Waals surface area contributed by atoms with Crippen molar-refractivity contribution in [2.24, 2.45) is 0 Å². The average Bonchev–Trinajstić information content (AvgIpc) is 3.89. The number of H-pyrrole nitrogens is 1. The first-order chi connectivity index (χ1) is 24.9. The molecule has 2 aromatic heterocycles. The van der Waals surface area contributed by atoms with Gasteiger partial charge in [0.1, 0.15) is 5.75 Å². The second kappa shape index (κ2) is 15.6. The molecule has 14 heteroatoms. The van der Waals surface area contributed by atoms with E-state index in [-0.39, 0.29) is 11.3 Å².